The van der Waals surface area contributed by atoms with E-state index in [0.717, 1.165) is 22.6 Å². The van der Waals surface area contributed by atoms with Gasteiger partial charge in [-0.1, -0.05) is 0 Å². The molecule has 32 heavy (non-hydrogen) atoms. The van der Waals surface area contributed by atoms with E-state index in [9.17, 15) is 18.0 Å². The van der Waals surface area contributed by atoms with Crippen molar-refractivity contribution >= 4 is 38.7 Å². The van der Waals surface area contributed by atoms with Gasteiger partial charge in [-0.25, -0.2) is 13.4 Å². The molecule has 0 radical (unpaired) electrons. The molecule has 0 saturated carbocycles. The number of ketones is 1. The summed E-state index contributed by atoms with van der Waals surface area (Å²) < 4.78 is 30.1. The first-order valence-corrected chi connectivity index (χ1v) is 13.0. The number of ether oxygens (including phenoxy) is 1. The second kappa shape index (κ2) is 8.92. The van der Waals surface area contributed by atoms with Crippen molar-refractivity contribution in [3.05, 3.63) is 40.2 Å². The molecule has 2 saturated heterocycles. The molecular weight excluding hydrogens is 450 g/mol. The Labute approximate surface area is 191 Å². The lowest BCUT2D eigenvalue weighted by Crippen LogP contribution is -2.53. The number of thiophene rings is 1. The molecular formula is C22H27N3O5S2. The van der Waals surface area contributed by atoms with Gasteiger partial charge in [-0.15, -0.1) is 11.3 Å². The zero-order valence-corrected chi connectivity index (χ0v) is 19.6. The normalized spacial score (nSPS) is 19.6. The van der Waals surface area contributed by atoms with Crippen molar-refractivity contribution in [3.63, 3.8) is 0 Å². The summed E-state index contributed by atoms with van der Waals surface area (Å²) in [6.07, 6.45) is 2.83. The Bertz CT molecular complexity index is 1100. The van der Waals surface area contributed by atoms with E-state index in [1.54, 1.807) is 6.07 Å². The maximum Gasteiger partial charge on any atom is 0.239 e. The molecule has 2 aromatic rings. The third kappa shape index (κ3) is 4.06. The number of rotatable bonds is 6. The van der Waals surface area contributed by atoms with Crippen LogP contribution >= 0.6 is 11.3 Å². The molecule has 0 bridgehead atoms. The van der Waals surface area contributed by atoms with Crippen LogP contribution in [0.5, 0.6) is 0 Å². The molecule has 4 rings (SSSR count). The number of sulfone groups is 1. The first kappa shape index (κ1) is 22.9. The Kier molecular flexibility index (Phi) is 6.37. The Morgan fingerprint density at radius 3 is 2.38 bits per heavy atom. The van der Waals surface area contributed by atoms with Crippen LogP contribution in [0.4, 0.5) is 5.82 Å². The van der Waals surface area contributed by atoms with Gasteiger partial charge in [-0.2, -0.15) is 0 Å². The number of aromatic nitrogens is 1. The van der Waals surface area contributed by atoms with Crippen molar-refractivity contribution < 1.29 is 22.7 Å². The number of aryl methyl sites for hydroxylation is 1. The molecule has 2 aliphatic rings. The van der Waals surface area contributed by atoms with Crippen LogP contribution in [-0.4, -0.2) is 56.1 Å². The molecule has 4 heterocycles. The zero-order valence-electron chi connectivity index (χ0n) is 18.0. The van der Waals surface area contributed by atoms with Crippen molar-refractivity contribution in [1.82, 2.24) is 4.98 Å². The van der Waals surface area contributed by atoms with Crippen LogP contribution in [0.25, 0.3) is 0 Å². The van der Waals surface area contributed by atoms with Crippen molar-refractivity contribution in [2.75, 3.05) is 31.2 Å². The third-order valence-corrected chi connectivity index (χ3v) is 9.98. The fraction of sp³-hybridized carbons (Fsp3) is 0.500. The summed E-state index contributed by atoms with van der Waals surface area (Å²) in [6.45, 7) is 3.68. The first-order chi connectivity index (χ1) is 15.2. The number of hydrogen-bond donors (Lipinski definition) is 1. The average molecular weight is 478 g/mol. The van der Waals surface area contributed by atoms with E-state index in [1.165, 1.54) is 23.6 Å². The average Bonchev–Trinajstić information content (AvgIpc) is 3.25. The van der Waals surface area contributed by atoms with E-state index in [2.05, 4.69) is 9.88 Å². The molecule has 172 valence electrons. The summed E-state index contributed by atoms with van der Waals surface area (Å²) in [4.78, 5) is 33.2. The number of hydrogen-bond acceptors (Lipinski definition) is 8. The van der Waals surface area contributed by atoms with Crippen molar-refractivity contribution in [3.8, 4) is 0 Å². The molecule has 2 aliphatic heterocycles. The highest BCUT2D eigenvalue weighted by Crippen LogP contribution is 2.35. The number of primary amides is 1. The van der Waals surface area contributed by atoms with Crippen LogP contribution < -0.4 is 10.6 Å². The quantitative estimate of drug-likeness (QED) is 0.634. The summed E-state index contributed by atoms with van der Waals surface area (Å²) in [7, 11) is -4.00. The number of Topliss-reactive ketones (excluding diaryl/α,β-unsaturated/α-hetero) is 1. The van der Waals surface area contributed by atoms with Gasteiger partial charge < -0.3 is 15.4 Å². The maximum atomic E-state index is 13.2. The highest BCUT2D eigenvalue weighted by atomic mass is 32.2. The van der Waals surface area contributed by atoms with E-state index in [4.69, 9.17) is 10.5 Å². The lowest BCUT2D eigenvalue weighted by atomic mass is 9.92. The summed E-state index contributed by atoms with van der Waals surface area (Å²) >= 11 is 1.53. The summed E-state index contributed by atoms with van der Waals surface area (Å²) in [6, 6.07) is 7.01. The van der Waals surface area contributed by atoms with Gasteiger partial charge in [0.1, 0.15) is 5.82 Å². The van der Waals surface area contributed by atoms with Gasteiger partial charge >= 0.3 is 0 Å². The second-order valence-electron chi connectivity index (χ2n) is 8.36. The Hall–Kier alpha value is -2.30. The largest absolute Gasteiger partial charge is 0.381 e. The monoisotopic (exact) mass is 477 g/mol. The minimum atomic E-state index is -4.00. The van der Waals surface area contributed by atoms with Gasteiger partial charge in [-0.05, 0) is 56.9 Å². The van der Waals surface area contributed by atoms with E-state index >= 15 is 0 Å². The van der Waals surface area contributed by atoms with Gasteiger partial charge in [0.2, 0.25) is 5.91 Å². The molecule has 0 atom stereocenters. The highest BCUT2D eigenvalue weighted by Gasteiger charge is 2.51. The van der Waals surface area contributed by atoms with Crippen molar-refractivity contribution in [1.29, 1.82) is 0 Å². The molecule has 2 N–H and O–H groups in total. The lowest BCUT2D eigenvalue weighted by Gasteiger charge is -2.34. The predicted octanol–water partition coefficient (Wildman–Crippen LogP) is 2.36. The van der Waals surface area contributed by atoms with E-state index in [0.29, 0.717) is 18.9 Å². The minimum Gasteiger partial charge on any atom is -0.381 e. The molecule has 10 heteroatoms. The van der Waals surface area contributed by atoms with E-state index in [1.807, 2.05) is 19.1 Å². The number of carbonyl (C=O) groups excluding carboxylic acids is 2. The SMILES string of the molecule is Cc1ccc(C(=O)C2CCN(c3ccc(S(=O)(=O)C4(C(N)=O)CCOCC4)cn3)CC2)s1. The molecule has 0 spiro atoms. The van der Waals surface area contributed by atoms with E-state index < -0.39 is 20.5 Å². The summed E-state index contributed by atoms with van der Waals surface area (Å²) in [5.74, 6) is -0.00210. The predicted molar refractivity (Wildman–Crippen MR) is 122 cm³/mol. The van der Waals surface area contributed by atoms with Crippen LogP contribution in [0.2, 0.25) is 0 Å². The van der Waals surface area contributed by atoms with Gasteiger partial charge in [0, 0.05) is 43.3 Å². The van der Waals surface area contributed by atoms with Gasteiger partial charge in [0.15, 0.2) is 20.4 Å². The van der Waals surface area contributed by atoms with Crippen LogP contribution in [0.15, 0.2) is 35.4 Å². The number of nitrogens with zero attached hydrogens (tertiary/aromatic N) is 2. The summed E-state index contributed by atoms with van der Waals surface area (Å²) in [5, 5.41) is 0. The standard InChI is InChI=1S/C22H27N3O5S2/c1-15-2-4-18(31-15)20(26)16-6-10-25(11-7-16)19-5-3-17(14-24-19)32(28,29)22(21(23)27)8-12-30-13-9-22/h2-5,14,16H,6-13H2,1H3,(H2,23,27). The third-order valence-electron chi connectivity index (χ3n) is 6.47. The van der Waals surface area contributed by atoms with Crippen LogP contribution in [0, 0.1) is 12.8 Å². The molecule has 0 aromatic carbocycles. The molecule has 0 aliphatic carbocycles. The van der Waals surface area contributed by atoms with Gasteiger partial charge in [-0.3, -0.25) is 9.59 Å². The van der Waals surface area contributed by atoms with Crippen molar-refractivity contribution in [2.24, 2.45) is 11.7 Å². The number of anilines is 1. The molecule has 2 aromatic heterocycles. The number of amides is 1. The smallest absolute Gasteiger partial charge is 0.239 e. The molecule has 8 nitrogen and oxygen atoms in total. The number of nitrogens with two attached hydrogens (primary N) is 1. The van der Waals surface area contributed by atoms with Crippen LogP contribution in [0.1, 0.15) is 40.2 Å². The number of pyridine rings is 1. The highest BCUT2D eigenvalue weighted by molar-refractivity contribution is 7.93. The van der Waals surface area contributed by atoms with Crippen LogP contribution in [-0.2, 0) is 19.4 Å². The maximum absolute atomic E-state index is 13.2. The number of carbonyl (C=O) groups is 2. The topological polar surface area (TPSA) is 120 Å². The summed E-state index contributed by atoms with van der Waals surface area (Å²) in [5.41, 5.74) is 5.52. The lowest BCUT2D eigenvalue weighted by molar-refractivity contribution is -0.122. The van der Waals surface area contributed by atoms with Crippen molar-refractivity contribution in [2.45, 2.75) is 42.2 Å². The minimum absolute atomic E-state index is 0.00658. The Morgan fingerprint density at radius 2 is 1.84 bits per heavy atom. The van der Waals surface area contributed by atoms with Crippen LogP contribution in [0.3, 0.4) is 0 Å². The Balaban J connectivity index is 1.45. The molecule has 0 unspecified atom stereocenters. The Morgan fingerprint density at radius 1 is 1.16 bits per heavy atom. The van der Waals surface area contributed by atoms with Gasteiger partial charge in [0.25, 0.3) is 0 Å². The fourth-order valence-corrected chi connectivity index (χ4v) is 7.18. The molecule has 2 fully saturated rings. The van der Waals surface area contributed by atoms with Gasteiger partial charge in [0.05, 0.1) is 9.77 Å². The fourth-order valence-electron chi connectivity index (χ4n) is 4.43. The molecule has 1 amide bonds. The second-order valence-corrected chi connectivity index (χ2v) is 11.9. The van der Waals surface area contributed by atoms with E-state index in [-0.39, 0.29) is 42.7 Å². The first-order valence-electron chi connectivity index (χ1n) is 10.7. The zero-order chi connectivity index (χ0) is 22.9. The number of piperidine rings is 1.